The largest absolute Gasteiger partial charge is 0.453 e. The second-order valence-electron chi connectivity index (χ2n) is 18.2. The number of H-pyrrole nitrogens is 2. The average Bonchev–Trinajstić information content (AvgIpc) is 4.13. The van der Waals surface area contributed by atoms with E-state index in [2.05, 4.69) is 94.4 Å². The van der Waals surface area contributed by atoms with Crippen LogP contribution in [0.15, 0.2) is 72.9 Å². The third-order valence-corrected chi connectivity index (χ3v) is 15.6. The van der Waals surface area contributed by atoms with Gasteiger partial charge in [-0.3, -0.25) is 9.59 Å². The number of amides is 4. The van der Waals surface area contributed by atoms with Gasteiger partial charge < -0.3 is 44.6 Å². The fourth-order valence-corrected chi connectivity index (χ4v) is 12.3. The van der Waals surface area contributed by atoms with Gasteiger partial charge in [0.1, 0.15) is 23.7 Å². The van der Waals surface area contributed by atoms with Gasteiger partial charge in [-0.25, -0.2) is 19.6 Å². The summed E-state index contributed by atoms with van der Waals surface area (Å²) in [6.45, 7) is 10.1. The normalized spacial score (nSPS) is 19.9. The van der Waals surface area contributed by atoms with E-state index in [1.54, 1.807) is 0 Å². The van der Waals surface area contributed by atoms with Crippen LogP contribution in [-0.4, -0.2) is 114 Å². The Morgan fingerprint density at radius 1 is 0.762 bits per heavy atom. The van der Waals surface area contributed by atoms with Crippen LogP contribution in [0.1, 0.15) is 63.3 Å². The lowest BCUT2D eigenvalue weighted by atomic mass is 9.90. The minimum absolute atomic E-state index is 0.0309. The molecule has 2 aromatic heterocycles. The number of nitrogens with zero attached hydrogens (tertiary/aromatic N) is 4. The van der Waals surface area contributed by atoms with Crippen LogP contribution in [-0.2, 0) is 23.8 Å². The predicted molar refractivity (Wildman–Crippen MR) is 242 cm³/mol. The van der Waals surface area contributed by atoms with E-state index in [0.717, 1.165) is 75.1 Å². The zero-order valence-electron chi connectivity index (χ0n) is 36.9. The van der Waals surface area contributed by atoms with Crippen molar-refractivity contribution in [2.75, 3.05) is 40.1 Å². The van der Waals surface area contributed by atoms with Crippen molar-refractivity contribution in [3.63, 3.8) is 0 Å². The smallest absolute Gasteiger partial charge is 0.407 e. The summed E-state index contributed by atoms with van der Waals surface area (Å²) in [4.78, 5) is 72.9. The highest BCUT2D eigenvalue weighted by Gasteiger charge is 2.47. The molecule has 8 rings (SSSR count). The van der Waals surface area contributed by atoms with Gasteiger partial charge in [-0.05, 0) is 83.5 Å². The molecule has 0 saturated carbocycles. The zero-order valence-corrected chi connectivity index (χ0v) is 37.9. The molecule has 5 aromatic rings. The molecule has 0 spiro atoms. The molecule has 3 fully saturated rings. The van der Waals surface area contributed by atoms with E-state index >= 15 is 0 Å². The predicted octanol–water partition coefficient (Wildman–Crippen LogP) is 7.61. The van der Waals surface area contributed by atoms with Crippen LogP contribution < -0.4 is 10.6 Å². The van der Waals surface area contributed by atoms with Crippen molar-refractivity contribution in [1.82, 2.24) is 40.4 Å². The second kappa shape index (κ2) is 18.4. The zero-order chi connectivity index (χ0) is 44.4. The molecule has 4 atom stereocenters. The van der Waals surface area contributed by atoms with Crippen molar-refractivity contribution < 1.29 is 33.4 Å². The number of fused-ring (bicyclic) bond motifs is 1. The monoisotopic (exact) mass is 874 g/mol. The Bertz CT molecular complexity index is 2440. The number of rotatable bonds is 11. The third kappa shape index (κ3) is 9.37. The standard InChI is InChI=1S/C47H58N8O7Si/c1-28(2)40(52-46(58)60-3)44(56)54-21-7-8-38(54)43-49-35-18-17-34(24-36(35)50-43)31-11-9-29(10-12-31)30-13-15-32(16-14-30)37-25-48-42(51-37)39-26-63(5,6)27-55(39)45(57)41(53-47(59)61-4)33-19-22-62-23-20-33/h9-18,24-25,28,33,38-41H,7-8,19-23,26-27H2,1-6H3,(H,48,51)(H,49,50)(H,52,58)(H,53,59)/t38-,39-,40-,41-/m0/s1. The number of carbonyl (C=O) groups is 4. The second-order valence-corrected chi connectivity index (χ2v) is 23.2. The molecule has 0 aliphatic carbocycles. The number of likely N-dealkylation sites (tertiary alicyclic amines) is 1. The van der Waals surface area contributed by atoms with Gasteiger partial charge in [0.15, 0.2) is 0 Å². The number of benzene rings is 3. The molecule has 0 unspecified atom stereocenters. The van der Waals surface area contributed by atoms with Crippen LogP contribution in [0.2, 0.25) is 19.1 Å². The van der Waals surface area contributed by atoms with Crippen LogP contribution in [0.3, 0.4) is 0 Å². The average molecular weight is 875 g/mol. The van der Waals surface area contributed by atoms with Gasteiger partial charge in [0.05, 0.1) is 57.3 Å². The summed E-state index contributed by atoms with van der Waals surface area (Å²) in [5.41, 5.74) is 7.83. The molecular formula is C47H58N8O7Si. The number of aromatic amines is 2. The van der Waals surface area contributed by atoms with Crippen molar-refractivity contribution in [2.24, 2.45) is 11.8 Å². The van der Waals surface area contributed by atoms with E-state index in [1.807, 2.05) is 35.9 Å². The Kier molecular flexibility index (Phi) is 12.7. The molecule has 4 N–H and O–H groups in total. The number of aromatic nitrogens is 4. The summed E-state index contributed by atoms with van der Waals surface area (Å²) in [5, 5.41) is 5.57. The maximum absolute atomic E-state index is 14.3. The molecule has 0 radical (unpaired) electrons. The molecule has 15 nitrogen and oxygen atoms in total. The van der Waals surface area contributed by atoms with E-state index < -0.39 is 32.3 Å². The molecule has 3 saturated heterocycles. The minimum Gasteiger partial charge on any atom is -0.453 e. The molecule has 5 heterocycles. The fourth-order valence-electron chi connectivity index (χ4n) is 9.45. The number of methoxy groups -OCH3 is 2. The molecule has 63 heavy (non-hydrogen) atoms. The van der Waals surface area contributed by atoms with Crippen LogP contribution in [0.5, 0.6) is 0 Å². The Morgan fingerprint density at radius 2 is 1.38 bits per heavy atom. The molecule has 4 amide bonds. The minimum atomic E-state index is -1.78. The van der Waals surface area contributed by atoms with Crippen molar-refractivity contribution >= 4 is 43.1 Å². The van der Waals surface area contributed by atoms with Crippen LogP contribution in [0.4, 0.5) is 9.59 Å². The summed E-state index contributed by atoms with van der Waals surface area (Å²) < 4.78 is 15.3. The van der Waals surface area contributed by atoms with Gasteiger partial charge in [-0.1, -0.05) is 81.5 Å². The van der Waals surface area contributed by atoms with Crippen molar-refractivity contribution in [1.29, 1.82) is 0 Å². The van der Waals surface area contributed by atoms with Gasteiger partial charge >= 0.3 is 12.2 Å². The Morgan fingerprint density at radius 3 is 2.03 bits per heavy atom. The maximum Gasteiger partial charge on any atom is 0.407 e. The van der Waals surface area contributed by atoms with Crippen molar-refractivity contribution in [2.45, 2.75) is 82.8 Å². The van der Waals surface area contributed by atoms with Gasteiger partial charge in [0.2, 0.25) is 11.8 Å². The van der Waals surface area contributed by atoms with Crippen LogP contribution in [0.25, 0.3) is 44.5 Å². The number of carbonyl (C=O) groups excluding carboxylic acids is 4. The van der Waals surface area contributed by atoms with Crippen molar-refractivity contribution in [3.05, 3.63) is 84.6 Å². The first-order chi connectivity index (χ1) is 30.3. The van der Waals surface area contributed by atoms with Crippen LogP contribution in [0, 0.1) is 11.8 Å². The highest BCUT2D eigenvalue weighted by molar-refractivity contribution is 6.78. The lowest BCUT2D eigenvalue weighted by Gasteiger charge is -2.34. The quantitative estimate of drug-likeness (QED) is 0.0971. The summed E-state index contributed by atoms with van der Waals surface area (Å²) in [6, 6.07) is 22.1. The lowest BCUT2D eigenvalue weighted by molar-refractivity contribution is -0.136. The van der Waals surface area contributed by atoms with Gasteiger partial charge in [-0.2, -0.15) is 0 Å². The lowest BCUT2D eigenvalue weighted by Crippen LogP contribution is -2.53. The molecule has 0 bridgehead atoms. The summed E-state index contributed by atoms with van der Waals surface area (Å²) in [7, 11) is 0.831. The van der Waals surface area contributed by atoms with E-state index in [-0.39, 0.29) is 35.7 Å². The number of ether oxygens (including phenoxy) is 3. The van der Waals surface area contributed by atoms with E-state index in [9.17, 15) is 19.2 Å². The first kappa shape index (κ1) is 43.6. The first-order valence-corrected chi connectivity index (χ1v) is 25.4. The third-order valence-electron chi connectivity index (χ3n) is 12.9. The summed E-state index contributed by atoms with van der Waals surface area (Å²) in [5.74, 6) is 1.13. The van der Waals surface area contributed by atoms with Crippen molar-refractivity contribution in [3.8, 4) is 33.5 Å². The number of alkyl carbamates (subject to hydrolysis) is 2. The Balaban J connectivity index is 0.945. The SMILES string of the molecule is COC(=O)N[C@H](C(=O)N1CCC[C@H]1c1nc2cc(-c3ccc(-c4ccc(-c5cnc([C@@H]6C[Si](C)(C)CN6C(=O)[C@@H](NC(=O)OC)C6CCOCC6)[nH]5)cc4)cc3)ccc2[nH]1)C(C)C. The molecule has 332 valence electrons. The summed E-state index contributed by atoms with van der Waals surface area (Å²) >= 11 is 0. The maximum atomic E-state index is 14.3. The van der Waals surface area contributed by atoms with E-state index in [1.165, 1.54) is 14.2 Å². The van der Waals surface area contributed by atoms with E-state index in [4.69, 9.17) is 24.2 Å². The Labute approximate surface area is 368 Å². The van der Waals surface area contributed by atoms with Crippen LogP contribution >= 0.6 is 0 Å². The van der Waals surface area contributed by atoms with E-state index in [0.29, 0.717) is 38.8 Å². The van der Waals surface area contributed by atoms with Gasteiger partial charge in [-0.15, -0.1) is 0 Å². The fraction of sp³-hybridized carbons (Fsp3) is 0.447. The van der Waals surface area contributed by atoms with Gasteiger partial charge in [0.25, 0.3) is 0 Å². The Hall–Kier alpha value is -6.00. The molecular weight excluding hydrogens is 817 g/mol. The number of hydrogen-bond acceptors (Lipinski definition) is 9. The highest BCUT2D eigenvalue weighted by atomic mass is 28.3. The molecule has 16 heteroatoms. The topological polar surface area (TPSA) is 184 Å². The van der Waals surface area contributed by atoms with Gasteiger partial charge in [0, 0.05) is 25.9 Å². The highest BCUT2D eigenvalue weighted by Crippen LogP contribution is 2.39. The number of nitrogens with one attached hydrogen (secondary N) is 4. The first-order valence-electron chi connectivity index (χ1n) is 22.0. The molecule has 3 aliphatic heterocycles. The number of imidazole rings is 2. The molecule has 3 aromatic carbocycles. The summed E-state index contributed by atoms with van der Waals surface area (Å²) in [6.07, 6.45) is 4.32. The number of hydrogen-bond donors (Lipinski definition) is 4. The molecule has 3 aliphatic rings.